The molecule has 19 heavy (non-hydrogen) atoms. The summed E-state index contributed by atoms with van der Waals surface area (Å²) in [5.41, 5.74) is 0.509. The van der Waals surface area contributed by atoms with Crippen molar-refractivity contribution in [2.75, 3.05) is 0 Å². The average molecular weight is 389 g/mol. The maximum Gasteiger partial charge on any atom is 0.252 e. The van der Waals surface area contributed by atoms with Gasteiger partial charge >= 0.3 is 0 Å². The molecule has 0 spiro atoms. The highest BCUT2D eigenvalue weighted by atomic mass is 127. The van der Waals surface area contributed by atoms with Crippen LogP contribution in [0.1, 0.15) is 27.0 Å². The number of rotatable bonds is 4. The number of benzene rings is 1. The topological polar surface area (TPSA) is 29.1 Å². The normalized spacial score (nSPS) is 10.5. The molecule has 2 aromatic rings. The Labute approximate surface area is 129 Å². The molecule has 1 N–H and O–H groups in total. The zero-order valence-corrected chi connectivity index (χ0v) is 13.3. The standard InChI is InChI=1S/C14H13FINOS/c1-2-10-4-5-11(19-10)8-17-14(18)12-6-3-9(15)7-13(12)16/h3-7H,2,8H2,1H3,(H,17,18). The van der Waals surface area contributed by atoms with E-state index in [2.05, 4.69) is 18.3 Å². The van der Waals surface area contributed by atoms with Crippen molar-refractivity contribution in [3.05, 3.63) is 55.0 Å². The lowest BCUT2D eigenvalue weighted by Gasteiger charge is -2.05. The minimum atomic E-state index is -0.327. The van der Waals surface area contributed by atoms with E-state index in [0.29, 0.717) is 15.7 Å². The molecule has 1 aromatic heterocycles. The maximum atomic E-state index is 13.0. The number of aryl methyl sites for hydroxylation is 1. The van der Waals surface area contributed by atoms with Crippen molar-refractivity contribution < 1.29 is 9.18 Å². The number of carbonyl (C=O) groups excluding carboxylic acids is 1. The van der Waals surface area contributed by atoms with Crippen LogP contribution in [0.25, 0.3) is 0 Å². The number of halogens is 2. The van der Waals surface area contributed by atoms with E-state index in [4.69, 9.17) is 0 Å². The fourth-order valence-corrected chi connectivity index (χ4v) is 3.26. The second-order valence-electron chi connectivity index (χ2n) is 4.03. The van der Waals surface area contributed by atoms with Gasteiger partial charge in [0.25, 0.3) is 5.91 Å². The van der Waals surface area contributed by atoms with Gasteiger partial charge in [0.2, 0.25) is 0 Å². The molecule has 0 aliphatic carbocycles. The van der Waals surface area contributed by atoms with Crippen LogP contribution in [-0.4, -0.2) is 5.91 Å². The first-order valence-corrected chi connectivity index (χ1v) is 7.80. The smallest absolute Gasteiger partial charge is 0.252 e. The molecule has 2 nitrogen and oxygen atoms in total. The number of thiophene rings is 1. The van der Waals surface area contributed by atoms with Crippen LogP contribution in [0.5, 0.6) is 0 Å². The molecule has 0 fully saturated rings. The summed E-state index contributed by atoms with van der Waals surface area (Å²) in [7, 11) is 0. The molecule has 100 valence electrons. The van der Waals surface area contributed by atoms with E-state index < -0.39 is 0 Å². The first kappa shape index (κ1) is 14.5. The predicted molar refractivity (Wildman–Crippen MR) is 84.0 cm³/mol. The molecule has 1 aromatic carbocycles. The van der Waals surface area contributed by atoms with Crippen LogP contribution in [0, 0.1) is 9.39 Å². The van der Waals surface area contributed by atoms with Gasteiger partial charge in [-0.15, -0.1) is 11.3 Å². The van der Waals surface area contributed by atoms with Crippen LogP contribution >= 0.6 is 33.9 Å². The fourth-order valence-electron chi connectivity index (χ4n) is 1.64. The Bertz CT molecular complexity index is 597. The third-order valence-corrected chi connectivity index (χ3v) is 4.79. The van der Waals surface area contributed by atoms with Crippen LogP contribution in [0.15, 0.2) is 30.3 Å². The van der Waals surface area contributed by atoms with Crippen molar-refractivity contribution in [1.29, 1.82) is 0 Å². The Balaban J connectivity index is 2.01. The number of amides is 1. The van der Waals surface area contributed by atoms with Crippen LogP contribution < -0.4 is 5.32 Å². The Hall–Kier alpha value is -0.950. The van der Waals surface area contributed by atoms with E-state index >= 15 is 0 Å². The molecule has 2 rings (SSSR count). The van der Waals surface area contributed by atoms with Crippen LogP contribution in [-0.2, 0) is 13.0 Å². The van der Waals surface area contributed by atoms with E-state index in [1.165, 1.54) is 23.1 Å². The summed E-state index contributed by atoms with van der Waals surface area (Å²) in [6.45, 7) is 2.62. The minimum Gasteiger partial charge on any atom is -0.347 e. The number of hydrogen-bond donors (Lipinski definition) is 1. The molecule has 5 heteroatoms. The molecule has 0 saturated carbocycles. The van der Waals surface area contributed by atoms with Crippen molar-refractivity contribution >= 4 is 39.8 Å². The molecule has 0 aliphatic rings. The zero-order chi connectivity index (χ0) is 13.8. The number of carbonyl (C=O) groups is 1. The fraction of sp³-hybridized carbons (Fsp3) is 0.214. The number of hydrogen-bond acceptors (Lipinski definition) is 2. The summed E-state index contributed by atoms with van der Waals surface area (Å²) in [5, 5.41) is 2.86. The molecule has 0 radical (unpaired) electrons. The van der Waals surface area contributed by atoms with Crippen LogP contribution in [0.2, 0.25) is 0 Å². The lowest BCUT2D eigenvalue weighted by molar-refractivity contribution is 0.0950. The summed E-state index contributed by atoms with van der Waals surface area (Å²) in [4.78, 5) is 14.4. The molecule has 1 amide bonds. The van der Waals surface area contributed by atoms with Crippen molar-refractivity contribution in [2.45, 2.75) is 19.9 Å². The summed E-state index contributed by atoms with van der Waals surface area (Å²) in [6.07, 6.45) is 1.01. The Morgan fingerprint density at radius 3 is 2.68 bits per heavy atom. The highest BCUT2D eigenvalue weighted by molar-refractivity contribution is 14.1. The maximum absolute atomic E-state index is 13.0. The Morgan fingerprint density at radius 1 is 1.32 bits per heavy atom. The lowest BCUT2D eigenvalue weighted by Crippen LogP contribution is -2.23. The number of nitrogens with one attached hydrogen (secondary N) is 1. The van der Waals surface area contributed by atoms with E-state index in [-0.39, 0.29) is 11.7 Å². The summed E-state index contributed by atoms with van der Waals surface area (Å²) in [5.74, 6) is -0.498. The van der Waals surface area contributed by atoms with Gasteiger partial charge in [-0.3, -0.25) is 4.79 Å². The van der Waals surface area contributed by atoms with Gasteiger partial charge in [-0.1, -0.05) is 6.92 Å². The van der Waals surface area contributed by atoms with Gasteiger partial charge in [0.15, 0.2) is 0 Å². The minimum absolute atomic E-state index is 0.171. The summed E-state index contributed by atoms with van der Waals surface area (Å²) >= 11 is 3.67. The summed E-state index contributed by atoms with van der Waals surface area (Å²) in [6, 6.07) is 8.28. The average Bonchev–Trinajstić information content (AvgIpc) is 2.84. The zero-order valence-electron chi connectivity index (χ0n) is 10.4. The van der Waals surface area contributed by atoms with Crippen LogP contribution in [0.4, 0.5) is 4.39 Å². The van der Waals surface area contributed by atoms with Gasteiger partial charge in [0.05, 0.1) is 12.1 Å². The lowest BCUT2D eigenvalue weighted by atomic mass is 10.2. The van der Waals surface area contributed by atoms with Crippen molar-refractivity contribution in [3.8, 4) is 0 Å². The van der Waals surface area contributed by atoms with Gasteiger partial charge in [0, 0.05) is 13.3 Å². The van der Waals surface area contributed by atoms with Gasteiger partial charge < -0.3 is 5.32 Å². The molecule has 0 aliphatic heterocycles. The van der Waals surface area contributed by atoms with Crippen molar-refractivity contribution in [2.24, 2.45) is 0 Å². The first-order valence-electron chi connectivity index (χ1n) is 5.91. The van der Waals surface area contributed by atoms with Gasteiger partial charge in [-0.2, -0.15) is 0 Å². The third kappa shape index (κ3) is 3.76. The van der Waals surface area contributed by atoms with Gasteiger partial charge in [-0.05, 0) is 59.3 Å². The quantitative estimate of drug-likeness (QED) is 0.788. The second kappa shape index (κ2) is 6.47. The molecule has 0 atom stereocenters. The summed E-state index contributed by atoms with van der Waals surface area (Å²) < 4.78 is 13.6. The molecule has 0 bridgehead atoms. The molecule has 1 heterocycles. The monoisotopic (exact) mass is 389 g/mol. The van der Waals surface area contributed by atoms with E-state index in [0.717, 1.165) is 11.3 Å². The highest BCUT2D eigenvalue weighted by Crippen LogP contribution is 2.17. The Morgan fingerprint density at radius 2 is 2.05 bits per heavy atom. The Kier molecular flexibility index (Phi) is 4.93. The molecular weight excluding hydrogens is 376 g/mol. The van der Waals surface area contributed by atoms with E-state index in [9.17, 15) is 9.18 Å². The molecule has 0 saturated heterocycles. The van der Waals surface area contributed by atoms with Gasteiger partial charge in [0.1, 0.15) is 5.82 Å². The van der Waals surface area contributed by atoms with Crippen molar-refractivity contribution in [3.63, 3.8) is 0 Å². The largest absolute Gasteiger partial charge is 0.347 e. The third-order valence-electron chi connectivity index (χ3n) is 2.66. The highest BCUT2D eigenvalue weighted by Gasteiger charge is 2.10. The van der Waals surface area contributed by atoms with E-state index in [1.54, 1.807) is 11.3 Å². The SMILES string of the molecule is CCc1ccc(CNC(=O)c2ccc(F)cc2I)s1. The first-order chi connectivity index (χ1) is 9.10. The molecule has 0 unspecified atom stereocenters. The van der Waals surface area contributed by atoms with Crippen molar-refractivity contribution in [1.82, 2.24) is 5.32 Å². The van der Waals surface area contributed by atoms with Gasteiger partial charge in [-0.25, -0.2) is 4.39 Å². The van der Waals surface area contributed by atoms with E-state index in [1.807, 2.05) is 28.7 Å². The predicted octanol–water partition coefficient (Wildman–Crippen LogP) is 3.98. The molecular formula is C14H13FINOS. The second-order valence-corrected chi connectivity index (χ2v) is 6.44. The van der Waals surface area contributed by atoms with Crippen LogP contribution in [0.3, 0.4) is 0 Å².